The van der Waals surface area contributed by atoms with Crippen molar-refractivity contribution in [2.24, 2.45) is 5.41 Å². The van der Waals surface area contributed by atoms with E-state index in [2.05, 4.69) is 4.98 Å². The largest absolute Gasteiger partial charge is 0.244 e. The average Bonchev–Trinajstić information content (AvgIpc) is 2.90. The monoisotopic (exact) mass is 348 g/mol. The smallest absolute Gasteiger partial charge is 0.242 e. The Kier molecular flexibility index (Phi) is 4.21. The maximum atomic E-state index is 12.6. The van der Waals surface area contributed by atoms with Crippen molar-refractivity contribution in [2.75, 3.05) is 13.1 Å². The van der Waals surface area contributed by atoms with E-state index in [0.717, 1.165) is 12.8 Å². The van der Waals surface area contributed by atoms with Crippen molar-refractivity contribution in [1.82, 2.24) is 9.29 Å². The highest BCUT2D eigenvalue weighted by molar-refractivity contribution is 7.89. The molecule has 4 nitrogen and oxygen atoms in total. The van der Waals surface area contributed by atoms with Gasteiger partial charge in [-0.05, 0) is 37.2 Å². The lowest BCUT2D eigenvalue weighted by atomic mass is 9.78. The summed E-state index contributed by atoms with van der Waals surface area (Å²) in [7, 11) is -3.52. The number of hydrogen-bond acceptors (Lipinski definition) is 3. The zero-order valence-corrected chi connectivity index (χ0v) is 14.0. The molecule has 1 aliphatic carbocycles. The number of rotatable bonds is 2. The molecule has 0 atom stereocenters. The van der Waals surface area contributed by atoms with E-state index in [1.807, 2.05) is 0 Å². The van der Waals surface area contributed by atoms with Crippen LogP contribution < -0.4 is 0 Å². The van der Waals surface area contributed by atoms with Crippen molar-refractivity contribution < 1.29 is 8.42 Å². The van der Waals surface area contributed by atoms with Crippen LogP contribution >= 0.6 is 23.2 Å². The van der Waals surface area contributed by atoms with Gasteiger partial charge in [0.25, 0.3) is 0 Å². The second-order valence-electron chi connectivity index (χ2n) is 6.05. The quantitative estimate of drug-likeness (QED) is 0.765. The number of aromatic nitrogens is 1. The van der Waals surface area contributed by atoms with E-state index in [4.69, 9.17) is 23.2 Å². The van der Waals surface area contributed by atoms with Crippen LogP contribution in [-0.4, -0.2) is 30.8 Å². The maximum absolute atomic E-state index is 12.6. The summed E-state index contributed by atoms with van der Waals surface area (Å²) in [5, 5.41) is 0.293. The second-order valence-corrected chi connectivity index (χ2v) is 8.76. The van der Waals surface area contributed by atoms with Crippen LogP contribution in [0.3, 0.4) is 0 Å². The molecule has 2 aliphatic rings. The Balaban J connectivity index is 1.78. The van der Waals surface area contributed by atoms with Gasteiger partial charge in [-0.2, -0.15) is 4.31 Å². The molecule has 0 radical (unpaired) electrons. The summed E-state index contributed by atoms with van der Waals surface area (Å²) in [5.74, 6) is 0. The van der Waals surface area contributed by atoms with Crippen LogP contribution in [-0.2, 0) is 10.0 Å². The van der Waals surface area contributed by atoms with E-state index in [0.29, 0.717) is 18.5 Å². The predicted molar refractivity (Wildman–Crippen MR) is 83.2 cm³/mol. The van der Waals surface area contributed by atoms with Gasteiger partial charge in [0.1, 0.15) is 10.0 Å². The van der Waals surface area contributed by atoms with Crippen molar-refractivity contribution in [3.63, 3.8) is 0 Å². The van der Waals surface area contributed by atoms with Gasteiger partial charge in [0, 0.05) is 19.3 Å². The third-order valence-electron chi connectivity index (χ3n) is 4.86. The molecule has 0 aromatic carbocycles. The SMILES string of the molecule is O=S(=O)(c1cnc(Cl)c(Cl)c1)N1CCC2(CCCC2)CC1. The summed E-state index contributed by atoms with van der Waals surface area (Å²) in [6, 6.07) is 1.38. The van der Waals surface area contributed by atoms with Crippen LogP contribution in [0, 0.1) is 5.41 Å². The van der Waals surface area contributed by atoms with Gasteiger partial charge in [-0.15, -0.1) is 0 Å². The molecule has 1 spiro atoms. The van der Waals surface area contributed by atoms with E-state index in [-0.39, 0.29) is 15.1 Å². The van der Waals surface area contributed by atoms with Crippen molar-refractivity contribution in [3.05, 3.63) is 22.4 Å². The van der Waals surface area contributed by atoms with E-state index in [9.17, 15) is 8.42 Å². The van der Waals surface area contributed by atoms with Crippen molar-refractivity contribution >= 4 is 33.2 Å². The van der Waals surface area contributed by atoms with Crippen LogP contribution in [0.4, 0.5) is 0 Å². The molecule has 0 unspecified atom stereocenters. The fourth-order valence-corrected chi connectivity index (χ4v) is 5.27. The summed E-state index contributed by atoms with van der Waals surface area (Å²) in [5.41, 5.74) is 0.391. The van der Waals surface area contributed by atoms with Crippen molar-refractivity contribution in [3.8, 4) is 0 Å². The van der Waals surface area contributed by atoms with E-state index >= 15 is 0 Å². The standard InChI is InChI=1S/C14H18Cl2N2O2S/c15-12-9-11(10-17-13(12)16)21(19,20)18-7-5-14(6-8-18)3-1-2-4-14/h9-10H,1-8H2. The number of hydrogen-bond donors (Lipinski definition) is 0. The Labute approximate surface area is 135 Å². The fourth-order valence-electron chi connectivity index (χ4n) is 3.52. The number of piperidine rings is 1. The molecule has 21 heavy (non-hydrogen) atoms. The highest BCUT2D eigenvalue weighted by Gasteiger charge is 2.40. The molecule has 1 saturated heterocycles. The Morgan fingerprint density at radius 2 is 1.71 bits per heavy atom. The summed E-state index contributed by atoms with van der Waals surface area (Å²) < 4.78 is 26.8. The first-order chi connectivity index (χ1) is 9.93. The second kappa shape index (κ2) is 5.69. The molecule has 2 heterocycles. The molecule has 1 saturated carbocycles. The Bertz CT molecular complexity index is 632. The van der Waals surface area contributed by atoms with E-state index in [1.165, 1.54) is 37.9 Å². The van der Waals surface area contributed by atoms with Gasteiger partial charge in [-0.3, -0.25) is 0 Å². The molecule has 2 fully saturated rings. The molecular formula is C14H18Cl2N2O2S. The zero-order valence-electron chi connectivity index (χ0n) is 11.7. The summed E-state index contributed by atoms with van der Waals surface area (Å²) in [4.78, 5) is 3.96. The number of halogens is 2. The van der Waals surface area contributed by atoms with Gasteiger partial charge in [0.15, 0.2) is 0 Å². The number of pyridine rings is 1. The van der Waals surface area contributed by atoms with Crippen LogP contribution in [0.25, 0.3) is 0 Å². The molecule has 1 aliphatic heterocycles. The first-order valence-electron chi connectivity index (χ1n) is 7.24. The molecular weight excluding hydrogens is 331 g/mol. The fraction of sp³-hybridized carbons (Fsp3) is 0.643. The maximum Gasteiger partial charge on any atom is 0.244 e. The molecule has 3 rings (SSSR count). The molecule has 7 heteroatoms. The molecule has 1 aromatic rings. The highest BCUT2D eigenvalue weighted by atomic mass is 35.5. The summed E-state index contributed by atoms with van der Waals surface area (Å²) in [6.07, 6.45) is 8.25. The molecule has 0 N–H and O–H groups in total. The van der Waals surface area contributed by atoms with E-state index < -0.39 is 10.0 Å². The number of sulfonamides is 1. The third kappa shape index (κ3) is 2.93. The van der Waals surface area contributed by atoms with Gasteiger partial charge < -0.3 is 0 Å². The first-order valence-corrected chi connectivity index (χ1v) is 9.44. The van der Waals surface area contributed by atoms with E-state index in [1.54, 1.807) is 4.31 Å². The van der Waals surface area contributed by atoms with Crippen LogP contribution in [0.15, 0.2) is 17.2 Å². The minimum absolute atomic E-state index is 0.124. The van der Waals surface area contributed by atoms with Gasteiger partial charge in [0.2, 0.25) is 10.0 Å². The minimum atomic E-state index is -3.52. The Morgan fingerprint density at radius 3 is 2.29 bits per heavy atom. The molecule has 116 valence electrons. The Morgan fingerprint density at radius 1 is 1.10 bits per heavy atom. The zero-order chi connectivity index (χ0) is 15.1. The lowest BCUT2D eigenvalue weighted by Crippen LogP contribution is -2.42. The van der Waals surface area contributed by atoms with Crippen LogP contribution in [0.2, 0.25) is 10.2 Å². The minimum Gasteiger partial charge on any atom is -0.242 e. The summed E-state index contributed by atoms with van der Waals surface area (Å²) >= 11 is 11.6. The highest BCUT2D eigenvalue weighted by Crippen LogP contribution is 2.46. The molecule has 0 bridgehead atoms. The lowest BCUT2D eigenvalue weighted by molar-refractivity contribution is 0.160. The van der Waals surface area contributed by atoms with Crippen molar-refractivity contribution in [1.29, 1.82) is 0 Å². The molecule has 0 amide bonds. The first kappa shape index (κ1) is 15.5. The number of nitrogens with zero attached hydrogens (tertiary/aromatic N) is 2. The molecule has 1 aromatic heterocycles. The average molecular weight is 349 g/mol. The van der Waals surface area contributed by atoms with Crippen molar-refractivity contribution in [2.45, 2.75) is 43.4 Å². The summed E-state index contributed by atoms with van der Waals surface area (Å²) in [6.45, 7) is 1.17. The Hall–Kier alpha value is -0.360. The van der Waals surface area contributed by atoms with Gasteiger partial charge in [0.05, 0.1) is 5.02 Å². The van der Waals surface area contributed by atoms with Gasteiger partial charge in [-0.25, -0.2) is 13.4 Å². The predicted octanol–water partition coefficient (Wildman–Crippen LogP) is 3.73. The van der Waals surface area contributed by atoms with Gasteiger partial charge in [-0.1, -0.05) is 36.0 Å². The lowest BCUT2D eigenvalue weighted by Gasteiger charge is -2.38. The van der Waals surface area contributed by atoms with Crippen LogP contribution in [0.1, 0.15) is 38.5 Å². The normalized spacial score (nSPS) is 22.8. The van der Waals surface area contributed by atoms with Gasteiger partial charge >= 0.3 is 0 Å². The van der Waals surface area contributed by atoms with Crippen LogP contribution in [0.5, 0.6) is 0 Å². The topological polar surface area (TPSA) is 50.3 Å². The third-order valence-corrected chi connectivity index (χ3v) is 7.41.